The first-order valence-electron chi connectivity index (χ1n) is 5.56. The zero-order valence-electron chi connectivity index (χ0n) is 9.14. The van der Waals surface area contributed by atoms with Crippen molar-refractivity contribution in [1.82, 2.24) is 5.32 Å². The lowest BCUT2D eigenvalue weighted by atomic mass is 9.86. The van der Waals surface area contributed by atoms with Gasteiger partial charge in [0.1, 0.15) is 0 Å². The summed E-state index contributed by atoms with van der Waals surface area (Å²) in [5.41, 5.74) is 4.51. The third-order valence-electron chi connectivity index (χ3n) is 3.43. The molecule has 1 heteroatoms. The summed E-state index contributed by atoms with van der Waals surface area (Å²) in [5, 5.41) is 3.42. The van der Waals surface area contributed by atoms with E-state index in [1.165, 1.54) is 37.1 Å². The van der Waals surface area contributed by atoms with E-state index in [0.717, 1.165) is 5.92 Å². The Labute approximate surface area is 86.5 Å². The minimum absolute atomic E-state index is 0.788. The third-order valence-corrected chi connectivity index (χ3v) is 3.43. The molecule has 1 aliphatic heterocycles. The van der Waals surface area contributed by atoms with Crippen molar-refractivity contribution in [3.05, 3.63) is 34.9 Å². The lowest BCUT2D eigenvalue weighted by molar-refractivity contribution is 0.459. The maximum Gasteiger partial charge on any atom is -0.00431 e. The highest BCUT2D eigenvalue weighted by Crippen LogP contribution is 2.28. The first kappa shape index (κ1) is 9.72. The molecule has 1 saturated heterocycles. The van der Waals surface area contributed by atoms with Crippen LogP contribution in [0.2, 0.25) is 0 Å². The van der Waals surface area contributed by atoms with Gasteiger partial charge in [0.25, 0.3) is 0 Å². The van der Waals surface area contributed by atoms with E-state index in [4.69, 9.17) is 0 Å². The molecule has 1 aromatic rings. The van der Waals surface area contributed by atoms with Crippen LogP contribution in [0.5, 0.6) is 0 Å². The molecule has 0 saturated carbocycles. The van der Waals surface area contributed by atoms with E-state index in [9.17, 15) is 0 Å². The van der Waals surface area contributed by atoms with Crippen molar-refractivity contribution < 1.29 is 0 Å². The molecule has 0 bridgehead atoms. The quantitative estimate of drug-likeness (QED) is 0.716. The zero-order chi connectivity index (χ0) is 9.97. The van der Waals surface area contributed by atoms with E-state index < -0.39 is 0 Å². The van der Waals surface area contributed by atoms with Crippen molar-refractivity contribution in [2.75, 3.05) is 13.1 Å². The van der Waals surface area contributed by atoms with Gasteiger partial charge < -0.3 is 5.32 Å². The number of aryl methyl sites for hydroxylation is 1. The number of hydrogen-bond acceptors (Lipinski definition) is 1. The fraction of sp³-hybridized carbons (Fsp3) is 0.538. The normalized spacial score (nSPS) is 18.4. The van der Waals surface area contributed by atoms with Gasteiger partial charge in [-0.15, -0.1) is 0 Å². The Hall–Kier alpha value is -0.820. The molecule has 0 radical (unpaired) electrons. The molecule has 1 aliphatic rings. The first-order chi connectivity index (χ1) is 6.79. The van der Waals surface area contributed by atoms with Crippen LogP contribution in [0.3, 0.4) is 0 Å². The van der Waals surface area contributed by atoms with Gasteiger partial charge in [0.15, 0.2) is 0 Å². The standard InChI is InChI=1S/C13H19N/c1-10-4-3-5-13(11(10)2)12-6-8-14-9-7-12/h3-5,12,14H,6-9H2,1-2H3. The Morgan fingerprint density at radius 3 is 2.57 bits per heavy atom. The number of nitrogens with one attached hydrogen (secondary N) is 1. The van der Waals surface area contributed by atoms with Crippen LogP contribution in [0.15, 0.2) is 18.2 Å². The second-order valence-electron chi connectivity index (χ2n) is 4.31. The van der Waals surface area contributed by atoms with E-state index in [0.29, 0.717) is 0 Å². The third kappa shape index (κ3) is 1.83. The van der Waals surface area contributed by atoms with Crippen molar-refractivity contribution in [3.8, 4) is 0 Å². The average Bonchev–Trinajstić information content (AvgIpc) is 2.23. The highest BCUT2D eigenvalue weighted by Gasteiger charge is 2.16. The van der Waals surface area contributed by atoms with Crippen LogP contribution in [0.4, 0.5) is 0 Å². The monoisotopic (exact) mass is 189 g/mol. The van der Waals surface area contributed by atoms with Gasteiger partial charge in [0, 0.05) is 0 Å². The summed E-state index contributed by atoms with van der Waals surface area (Å²) in [4.78, 5) is 0. The molecule has 76 valence electrons. The van der Waals surface area contributed by atoms with E-state index in [-0.39, 0.29) is 0 Å². The Bertz CT molecular complexity index is 311. The predicted octanol–water partition coefficient (Wildman–Crippen LogP) is 2.77. The Morgan fingerprint density at radius 2 is 1.86 bits per heavy atom. The number of piperidine rings is 1. The summed E-state index contributed by atoms with van der Waals surface area (Å²) in [6.45, 7) is 6.82. The van der Waals surface area contributed by atoms with Crippen molar-refractivity contribution in [2.24, 2.45) is 0 Å². The minimum Gasteiger partial charge on any atom is -0.317 e. The summed E-state index contributed by atoms with van der Waals surface area (Å²) in [7, 11) is 0. The molecular weight excluding hydrogens is 170 g/mol. The predicted molar refractivity (Wildman–Crippen MR) is 60.8 cm³/mol. The first-order valence-corrected chi connectivity index (χ1v) is 5.56. The molecule has 0 amide bonds. The molecule has 14 heavy (non-hydrogen) atoms. The van der Waals surface area contributed by atoms with Crippen molar-refractivity contribution in [1.29, 1.82) is 0 Å². The summed E-state index contributed by atoms with van der Waals surface area (Å²) >= 11 is 0. The Balaban J connectivity index is 2.26. The Morgan fingerprint density at radius 1 is 1.14 bits per heavy atom. The number of benzene rings is 1. The van der Waals surface area contributed by atoms with Crippen LogP contribution < -0.4 is 5.32 Å². The van der Waals surface area contributed by atoms with Crippen LogP contribution >= 0.6 is 0 Å². The summed E-state index contributed by atoms with van der Waals surface area (Å²) in [5.74, 6) is 0.788. The van der Waals surface area contributed by atoms with Gasteiger partial charge >= 0.3 is 0 Å². The highest BCUT2D eigenvalue weighted by atomic mass is 14.9. The average molecular weight is 189 g/mol. The molecule has 2 rings (SSSR count). The van der Waals surface area contributed by atoms with E-state index in [2.05, 4.69) is 37.4 Å². The summed E-state index contributed by atoms with van der Waals surface area (Å²) < 4.78 is 0. The van der Waals surface area contributed by atoms with Crippen molar-refractivity contribution >= 4 is 0 Å². The molecule has 0 aromatic heterocycles. The zero-order valence-corrected chi connectivity index (χ0v) is 9.14. The lowest BCUT2D eigenvalue weighted by Gasteiger charge is -2.25. The molecule has 1 heterocycles. The van der Waals surface area contributed by atoms with E-state index >= 15 is 0 Å². The van der Waals surface area contributed by atoms with Gasteiger partial charge in [-0.2, -0.15) is 0 Å². The fourth-order valence-corrected chi connectivity index (χ4v) is 2.35. The summed E-state index contributed by atoms with van der Waals surface area (Å²) in [6.07, 6.45) is 2.59. The second kappa shape index (κ2) is 4.14. The van der Waals surface area contributed by atoms with Crippen molar-refractivity contribution in [2.45, 2.75) is 32.6 Å². The maximum absolute atomic E-state index is 3.42. The smallest absolute Gasteiger partial charge is 0.00431 e. The topological polar surface area (TPSA) is 12.0 Å². The molecule has 1 aromatic carbocycles. The molecule has 0 aliphatic carbocycles. The Kier molecular flexibility index (Phi) is 2.87. The van der Waals surface area contributed by atoms with Crippen LogP contribution in [0, 0.1) is 13.8 Å². The van der Waals surface area contributed by atoms with Gasteiger partial charge in [-0.05, 0) is 62.4 Å². The second-order valence-corrected chi connectivity index (χ2v) is 4.31. The molecule has 0 atom stereocenters. The highest BCUT2D eigenvalue weighted by molar-refractivity contribution is 5.35. The van der Waals surface area contributed by atoms with Crippen LogP contribution in [0.25, 0.3) is 0 Å². The molecule has 1 nitrogen and oxygen atoms in total. The van der Waals surface area contributed by atoms with Crippen LogP contribution in [0.1, 0.15) is 35.4 Å². The van der Waals surface area contributed by atoms with Gasteiger partial charge in [0.2, 0.25) is 0 Å². The van der Waals surface area contributed by atoms with Gasteiger partial charge in [0.05, 0.1) is 0 Å². The van der Waals surface area contributed by atoms with Crippen LogP contribution in [-0.2, 0) is 0 Å². The lowest BCUT2D eigenvalue weighted by Crippen LogP contribution is -2.27. The molecule has 1 N–H and O–H groups in total. The van der Waals surface area contributed by atoms with Crippen molar-refractivity contribution in [3.63, 3.8) is 0 Å². The number of hydrogen-bond donors (Lipinski definition) is 1. The van der Waals surface area contributed by atoms with E-state index in [1.807, 2.05) is 0 Å². The maximum atomic E-state index is 3.42. The summed E-state index contributed by atoms with van der Waals surface area (Å²) in [6, 6.07) is 6.71. The fourth-order valence-electron chi connectivity index (χ4n) is 2.35. The molecule has 0 spiro atoms. The SMILES string of the molecule is Cc1cccc(C2CCNCC2)c1C. The molecule has 0 unspecified atom stereocenters. The molecule has 1 fully saturated rings. The van der Waals surface area contributed by atoms with Crippen LogP contribution in [-0.4, -0.2) is 13.1 Å². The van der Waals surface area contributed by atoms with Gasteiger partial charge in [-0.3, -0.25) is 0 Å². The van der Waals surface area contributed by atoms with Gasteiger partial charge in [-0.1, -0.05) is 18.2 Å². The minimum atomic E-state index is 0.788. The van der Waals surface area contributed by atoms with E-state index in [1.54, 1.807) is 5.56 Å². The van der Waals surface area contributed by atoms with Gasteiger partial charge in [-0.25, -0.2) is 0 Å². The molecular formula is C13H19N. The number of rotatable bonds is 1. The largest absolute Gasteiger partial charge is 0.317 e.